The van der Waals surface area contributed by atoms with Crippen molar-refractivity contribution in [2.24, 2.45) is 5.92 Å². The van der Waals surface area contributed by atoms with E-state index in [2.05, 4.69) is 55.8 Å². The molecule has 3 aromatic rings. The number of nitrogens with zero attached hydrogens (tertiary/aromatic N) is 3. The molecule has 3 heterocycles. The van der Waals surface area contributed by atoms with Crippen molar-refractivity contribution in [2.45, 2.75) is 59.8 Å². The number of nitrogens with one attached hydrogen (secondary N) is 1. The van der Waals surface area contributed by atoms with Crippen molar-refractivity contribution in [3.05, 3.63) is 57.9 Å². The van der Waals surface area contributed by atoms with Crippen molar-refractivity contribution in [1.82, 2.24) is 14.5 Å². The lowest BCUT2D eigenvalue weighted by molar-refractivity contribution is 0.0395. The Morgan fingerprint density at radius 1 is 1.16 bits per heavy atom. The summed E-state index contributed by atoms with van der Waals surface area (Å²) in [6.07, 6.45) is 1.62. The number of carbonyl (C=O) groups excluding carboxylic acids is 1. The average Bonchev–Trinajstić information content (AvgIpc) is 3.53. The Balaban J connectivity index is 1.58. The Morgan fingerprint density at radius 3 is 2.47 bits per heavy atom. The molecule has 0 unspecified atom stereocenters. The van der Waals surface area contributed by atoms with Crippen LogP contribution in [0.5, 0.6) is 0 Å². The Bertz CT molecular complexity index is 1180. The minimum Gasteiger partial charge on any atom is -0.364 e. The van der Waals surface area contributed by atoms with Gasteiger partial charge in [0.25, 0.3) is 5.91 Å². The molecule has 2 aromatic heterocycles. The highest BCUT2D eigenvalue weighted by Gasteiger charge is 2.33. The summed E-state index contributed by atoms with van der Waals surface area (Å²) in [7, 11) is 0. The van der Waals surface area contributed by atoms with E-state index in [-0.39, 0.29) is 19.0 Å². The monoisotopic (exact) mass is 434 g/mol. The topological polar surface area (TPSA) is 50.2 Å². The first kappa shape index (κ1) is 21.0. The van der Waals surface area contributed by atoms with Gasteiger partial charge >= 0.3 is 0 Å². The minimum atomic E-state index is -0.923. The van der Waals surface area contributed by atoms with Crippen molar-refractivity contribution < 1.29 is 9.18 Å². The number of halogens is 1. The predicted octanol–water partition coefficient (Wildman–Crippen LogP) is 5.09. The van der Waals surface area contributed by atoms with Crippen molar-refractivity contribution in [2.75, 3.05) is 18.4 Å². The molecular weight excluding hydrogens is 403 g/mol. The van der Waals surface area contributed by atoms with Gasteiger partial charge in [-0.25, -0.2) is 9.37 Å². The number of rotatable bonds is 6. The summed E-state index contributed by atoms with van der Waals surface area (Å²) >= 11 is 0. The molecule has 1 aromatic carbocycles. The molecule has 168 valence electrons. The van der Waals surface area contributed by atoms with Gasteiger partial charge in [0.15, 0.2) is 5.82 Å². The van der Waals surface area contributed by atoms with E-state index in [4.69, 9.17) is 4.98 Å². The number of likely N-dealkylation sites (tertiary alicyclic amines) is 1. The predicted molar refractivity (Wildman–Crippen MR) is 126 cm³/mol. The van der Waals surface area contributed by atoms with E-state index in [1.165, 1.54) is 45.7 Å². The van der Waals surface area contributed by atoms with Crippen LogP contribution in [-0.2, 0) is 13.1 Å². The van der Waals surface area contributed by atoms with Crippen LogP contribution in [0.3, 0.4) is 0 Å². The highest BCUT2D eigenvalue weighted by Crippen LogP contribution is 2.37. The number of hydrogen-bond donors (Lipinski definition) is 1. The van der Waals surface area contributed by atoms with Crippen LogP contribution >= 0.6 is 0 Å². The fraction of sp³-hybridized carbons (Fsp3) is 0.462. The quantitative estimate of drug-likeness (QED) is 0.588. The van der Waals surface area contributed by atoms with Gasteiger partial charge in [0, 0.05) is 24.2 Å². The summed E-state index contributed by atoms with van der Waals surface area (Å²) in [5.41, 5.74) is 7.57. The number of carbonyl (C=O) groups is 1. The number of aryl methyl sites for hydroxylation is 3. The zero-order valence-electron chi connectivity index (χ0n) is 19.3. The number of pyridine rings is 1. The normalized spacial score (nSPS) is 16.5. The van der Waals surface area contributed by atoms with Gasteiger partial charge in [0.2, 0.25) is 0 Å². The first-order chi connectivity index (χ1) is 15.3. The van der Waals surface area contributed by atoms with Crippen LogP contribution in [0.4, 0.5) is 10.2 Å². The van der Waals surface area contributed by atoms with Crippen LogP contribution in [0, 0.1) is 33.6 Å². The third-order valence-corrected chi connectivity index (χ3v) is 7.17. The first-order valence-electron chi connectivity index (χ1n) is 11.6. The summed E-state index contributed by atoms with van der Waals surface area (Å²) in [6.45, 7) is 10.4. The summed E-state index contributed by atoms with van der Waals surface area (Å²) in [5.74, 6) is 1.27. The van der Waals surface area contributed by atoms with Crippen LogP contribution in [0.25, 0.3) is 10.9 Å². The van der Waals surface area contributed by atoms with Crippen molar-refractivity contribution in [3.8, 4) is 0 Å². The van der Waals surface area contributed by atoms with E-state index in [9.17, 15) is 9.18 Å². The zero-order valence-corrected chi connectivity index (χ0v) is 19.3. The van der Waals surface area contributed by atoms with Crippen molar-refractivity contribution >= 4 is 22.6 Å². The summed E-state index contributed by atoms with van der Waals surface area (Å²) < 4.78 is 15.8. The largest absolute Gasteiger partial charge is 0.364 e. The molecule has 1 saturated carbocycles. The number of alkyl halides is 1. The third kappa shape index (κ3) is 3.65. The number of anilines is 1. The molecule has 6 heteroatoms. The standard InChI is InChI=1S/C26H31FN4O/c1-15-6-5-7-16(2)22(15)11-28-25-24-21(17(3)18(4)31(24)12-19-8-9-19)10-23(29-25)26(32)30-13-20(27)14-30/h5-7,10,19-20H,8-9,11-14H2,1-4H3,(H,28,29). The maximum absolute atomic E-state index is 13.4. The molecule has 1 aliphatic carbocycles. The summed E-state index contributed by atoms with van der Waals surface area (Å²) in [5, 5.41) is 4.62. The molecule has 1 aliphatic heterocycles. The zero-order chi connectivity index (χ0) is 22.6. The fourth-order valence-corrected chi connectivity index (χ4v) is 4.73. The number of hydrogen-bond acceptors (Lipinski definition) is 3. The molecule has 0 bridgehead atoms. The molecule has 0 spiro atoms. The maximum Gasteiger partial charge on any atom is 0.272 e. The van der Waals surface area contributed by atoms with Gasteiger partial charge in [-0.1, -0.05) is 18.2 Å². The lowest BCUT2D eigenvalue weighted by Gasteiger charge is -2.34. The first-order valence-corrected chi connectivity index (χ1v) is 11.6. The van der Waals surface area contributed by atoms with Crippen LogP contribution in [0.1, 0.15) is 51.3 Å². The Labute approximate surface area is 188 Å². The van der Waals surface area contributed by atoms with Crippen LogP contribution in [0.2, 0.25) is 0 Å². The molecule has 0 radical (unpaired) electrons. The molecular formula is C26H31FN4O. The Kier molecular flexibility index (Phi) is 5.19. The molecule has 1 amide bonds. The van der Waals surface area contributed by atoms with Gasteiger partial charge in [0.1, 0.15) is 11.9 Å². The number of fused-ring (bicyclic) bond motifs is 1. The SMILES string of the molecule is Cc1cccc(C)c1CNc1nc(C(=O)N2CC(F)C2)cc2c(C)c(C)n(CC3CC3)c12. The van der Waals surface area contributed by atoms with Gasteiger partial charge in [-0.15, -0.1) is 0 Å². The summed E-state index contributed by atoms with van der Waals surface area (Å²) in [6, 6.07) is 8.21. The van der Waals surface area contributed by atoms with Crippen molar-refractivity contribution in [3.63, 3.8) is 0 Å². The second-order valence-corrected chi connectivity index (χ2v) is 9.55. The van der Waals surface area contributed by atoms with E-state index >= 15 is 0 Å². The van der Waals surface area contributed by atoms with Gasteiger partial charge in [0.05, 0.1) is 18.6 Å². The van der Waals surface area contributed by atoms with Gasteiger partial charge in [-0.3, -0.25) is 4.79 Å². The van der Waals surface area contributed by atoms with Gasteiger partial charge in [-0.2, -0.15) is 0 Å². The lowest BCUT2D eigenvalue weighted by atomic mass is 10.0. The smallest absolute Gasteiger partial charge is 0.272 e. The van der Waals surface area contributed by atoms with Crippen LogP contribution in [0.15, 0.2) is 24.3 Å². The van der Waals surface area contributed by atoms with E-state index in [1.807, 2.05) is 6.07 Å². The van der Waals surface area contributed by atoms with Crippen LogP contribution < -0.4 is 5.32 Å². The van der Waals surface area contributed by atoms with E-state index in [1.54, 1.807) is 0 Å². The fourth-order valence-electron chi connectivity index (χ4n) is 4.73. The van der Waals surface area contributed by atoms with Gasteiger partial charge < -0.3 is 14.8 Å². The van der Waals surface area contributed by atoms with Crippen LogP contribution in [-0.4, -0.2) is 39.6 Å². The van der Waals surface area contributed by atoms with Gasteiger partial charge in [-0.05, 0) is 74.8 Å². The molecule has 32 heavy (non-hydrogen) atoms. The molecule has 2 aliphatic rings. The average molecular weight is 435 g/mol. The molecule has 1 N–H and O–H groups in total. The molecule has 5 nitrogen and oxygen atoms in total. The molecule has 5 rings (SSSR count). The number of benzene rings is 1. The van der Waals surface area contributed by atoms with E-state index < -0.39 is 6.17 Å². The highest BCUT2D eigenvalue weighted by molar-refractivity contribution is 6.01. The maximum atomic E-state index is 13.4. The van der Waals surface area contributed by atoms with E-state index in [0.717, 1.165) is 29.2 Å². The Morgan fingerprint density at radius 2 is 1.84 bits per heavy atom. The molecule has 0 atom stereocenters. The highest BCUT2D eigenvalue weighted by atomic mass is 19.1. The van der Waals surface area contributed by atoms with E-state index in [0.29, 0.717) is 12.2 Å². The summed E-state index contributed by atoms with van der Waals surface area (Å²) in [4.78, 5) is 19.3. The molecule has 2 fully saturated rings. The minimum absolute atomic E-state index is 0.157. The second kappa shape index (κ2) is 7.91. The number of amides is 1. The lowest BCUT2D eigenvalue weighted by Crippen LogP contribution is -2.51. The number of aromatic nitrogens is 2. The van der Waals surface area contributed by atoms with Crippen molar-refractivity contribution in [1.29, 1.82) is 0 Å². The second-order valence-electron chi connectivity index (χ2n) is 9.55. The molecule has 1 saturated heterocycles. The Hall–Kier alpha value is -2.89. The third-order valence-electron chi connectivity index (χ3n) is 7.17.